The Kier molecular flexibility index (Phi) is 4.41. The van der Waals surface area contributed by atoms with Crippen molar-refractivity contribution in [3.05, 3.63) is 57.6 Å². The van der Waals surface area contributed by atoms with Crippen LogP contribution in [0.4, 0.5) is 0 Å². The van der Waals surface area contributed by atoms with Crippen LogP contribution < -0.4 is 14.8 Å². The normalized spacial score (nSPS) is 12.8. The molecule has 3 rings (SSSR count). The fourth-order valence-electron chi connectivity index (χ4n) is 2.13. The minimum absolute atomic E-state index is 0.206. The quantitative estimate of drug-likeness (QED) is 0.928. The second kappa shape index (κ2) is 6.46. The highest BCUT2D eigenvalue weighted by atomic mass is 35.5. The monoisotopic (exact) mass is 337 g/mol. The number of amides is 1. The lowest BCUT2D eigenvalue weighted by Gasteiger charge is -2.18. The van der Waals surface area contributed by atoms with Gasteiger partial charge in [-0.1, -0.05) is 29.3 Å². The molecule has 0 saturated carbocycles. The Morgan fingerprint density at radius 3 is 2.59 bits per heavy atom. The molecule has 0 unspecified atom stereocenters. The van der Waals surface area contributed by atoms with Crippen molar-refractivity contribution in [1.82, 2.24) is 5.32 Å². The molecule has 4 nitrogen and oxygen atoms in total. The summed E-state index contributed by atoms with van der Waals surface area (Å²) >= 11 is 11.9. The first-order valence-electron chi connectivity index (χ1n) is 6.75. The summed E-state index contributed by atoms with van der Waals surface area (Å²) in [5.41, 5.74) is 1.31. The molecule has 114 valence electrons. The molecule has 0 fully saturated rings. The SMILES string of the molecule is O=C(NCc1ccc(Cl)cc1Cl)c1ccc2c(c1)OCCO2. The molecule has 0 spiro atoms. The molecule has 0 atom stereocenters. The minimum atomic E-state index is -0.206. The Morgan fingerprint density at radius 2 is 1.82 bits per heavy atom. The minimum Gasteiger partial charge on any atom is -0.486 e. The van der Waals surface area contributed by atoms with E-state index in [0.29, 0.717) is 46.9 Å². The van der Waals surface area contributed by atoms with Gasteiger partial charge >= 0.3 is 0 Å². The summed E-state index contributed by atoms with van der Waals surface area (Å²) in [5.74, 6) is 1.04. The van der Waals surface area contributed by atoms with Crippen LogP contribution in [-0.2, 0) is 6.54 Å². The summed E-state index contributed by atoms with van der Waals surface area (Å²) in [6.45, 7) is 1.33. The Bertz CT molecular complexity index is 719. The van der Waals surface area contributed by atoms with E-state index in [2.05, 4.69) is 5.32 Å². The van der Waals surface area contributed by atoms with E-state index in [0.717, 1.165) is 5.56 Å². The lowest BCUT2D eigenvalue weighted by molar-refractivity contribution is 0.0949. The van der Waals surface area contributed by atoms with Crippen LogP contribution >= 0.6 is 23.2 Å². The van der Waals surface area contributed by atoms with E-state index >= 15 is 0 Å². The highest BCUT2D eigenvalue weighted by Gasteiger charge is 2.15. The average molecular weight is 338 g/mol. The maximum atomic E-state index is 12.2. The number of benzene rings is 2. The summed E-state index contributed by atoms with van der Waals surface area (Å²) in [5, 5.41) is 3.90. The summed E-state index contributed by atoms with van der Waals surface area (Å²) in [6.07, 6.45) is 0. The first-order valence-corrected chi connectivity index (χ1v) is 7.51. The second-order valence-corrected chi connectivity index (χ2v) is 5.62. The number of nitrogens with one attached hydrogen (secondary N) is 1. The van der Waals surface area contributed by atoms with Crippen molar-refractivity contribution in [2.75, 3.05) is 13.2 Å². The third-order valence-corrected chi connectivity index (χ3v) is 3.85. The molecule has 6 heteroatoms. The fourth-order valence-corrected chi connectivity index (χ4v) is 2.60. The lowest BCUT2D eigenvalue weighted by atomic mass is 10.1. The largest absolute Gasteiger partial charge is 0.486 e. The summed E-state index contributed by atoms with van der Waals surface area (Å²) < 4.78 is 10.9. The molecular formula is C16H13Cl2NO3. The summed E-state index contributed by atoms with van der Waals surface area (Å²) in [6, 6.07) is 10.3. The molecule has 2 aromatic carbocycles. The van der Waals surface area contributed by atoms with Gasteiger partial charge in [-0.05, 0) is 35.9 Å². The van der Waals surface area contributed by atoms with Crippen molar-refractivity contribution < 1.29 is 14.3 Å². The predicted molar refractivity (Wildman–Crippen MR) is 85.1 cm³/mol. The first-order chi connectivity index (χ1) is 10.6. The Labute approximate surface area is 137 Å². The van der Waals surface area contributed by atoms with Crippen LogP contribution in [0.3, 0.4) is 0 Å². The van der Waals surface area contributed by atoms with Gasteiger partial charge in [0.1, 0.15) is 13.2 Å². The Balaban J connectivity index is 1.69. The van der Waals surface area contributed by atoms with Crippen LogP contribution in [-0.4, -0.2) is 19.1 Å². The van der Waals surface area contributed by atoms with Gasteiger partial charge < -0.3 is 14.8 Å². The van der Waals surface area contributed by atoms with Crippen molar-refractivity contribution in [2.24, 2.45) is 0 Å². The molecule has 0 aromatic heterocycles. The molecule has 1 heterocycles. The van der Waals surface area contributed by atoms with E-state index in [4.69, 9.17) is 32.7 Å². The molecule has 22 heavy (non-hydrogen) atoms. The predicted octanol–water partition coefficient (Wildman–Crippen LogP) is 3.69. The first kappa shape index (κ1) is 15.0. The number of ether oxygens (including phenoxy) is 2. The maximum Gasteiger partial charge on any atom is 0.251 e. The molecule has 0 aliphatic carbocycles. The van der Waals surface area contributed by atoms with E-state index in [9.17, 15) is 4.79 Å². The number of carbonyl (C=O) groups is 1. The highest BCUT2D eigenvalue weighted by Crippen LogP contribution is 2.30. The summed E-state index contributed by atoms with van der Waals surface area (Å²) in [4.78, 5) is 12.2. The highest BCUT2D eigenvalue weighted by molar-refractivity contribution is 6.35. The second-order valence-electron chi connectivity index (χ2n) is 4.78. The number of fused-ring (bicyclic) bond motifs is 1. The van der Waals surface area contributed by atoms with Crippen LogP contribution in [0.2, 0.25) is 10.0 Å². The standard InChI is InChI=1S/C16H13Cl2NO3/c17-12-3-1-11(13(18)8-12)9-19-16(20)10-2-4-14-15(7-10)22-6-5-21-14/h1-4,7-8H,5-6,9H2,(H,19,20). The zero-order valence-corrected chi connectivity index (χ0v) is 13.1. The van der Waals surface area contributed by atoms with Gasteiger partial charge in [0, 0.05) is 22.2 Å². The van der Waals surface area contributed by atoms with Gasteiger partial charge in [0.05, 0.1) is 0 Å². The van der Waals surface area contributed by atoms with Crippen molar-refractivity contribution >= 4 is 29.1 Å². The zero-order chi connectivity index (χ0) is 15.5. The molecule has 0 bridgehead atoms. The number of rotatable bonds is 3. The van der Waals surface area contributed by atoms with Gasteiger partial charge in [0.15, 0.2) is 11.5 Å². The molecule has 1 amide bonds. The molecule has 1 N–H and O–H groups in total. The van der Waals surface area contributed by atoms with E-state index in [-0.39, 0.29) is 5.91 Å². The molecule has 2 aromatic rings. The van der Waals surface area contributed by atoms with E-state index in [1.165, 1.54) is 0 Å². The third-order valence-electron chi connectivity index (χ3n) is 3.26. The van der Waals surface area contributed by atoms with Gasteiger partial charge in [-0.2, -0.15) is 0 Å². The molecule has 1 aliphatic rings. The Hall–Kier alpha value is -1.91. The number of hydrogen-bond donors (Lipinski definition) is 1. The van der Waals surface area contributed by atoms with Gasteiger partial charge in [0.25, 0.3) is 5.91 Å². The number of halogens is 2. The van der Waals surface area contributed by atoms with Crippen molar-refractivity contribution in [3.63, 3.8) is 0 Å². The van der Waals surface area contributed by atoms with Gasteiger partial charge in [-0.25, -0.2) is 0 Å². The topological polar surface area (TPSA) is 47.6 Å². The van der Waals surface area contributed by atoms with Crippen LogP contribution in [0.5, 0.6) is 11.5 Å². The van der Waals surface area contributed by atoms with E-state index in [1.807, 2.05) is 0 Å². The van der Waals surface area contributed by atoms with Crippen LogP contribution in [0.25, 0.3) is 0 Å². The van der Waals surface area contributed by atoms with Crippen LogP contribution in [0, 0.1) is 0 Å². The van der Waals surface area contributed by atoms with Crippen molar-refractivity contribution in [3.8, 4) is 11.5 Å². The van der Waals surface area contributed by atoms with E-state index < -0.39 is 0 Å². The van der Waals surface area contributed by atoms with E-state index in [1.54, 1.807) is 36.4 Å². The van der Waals surface area contributed by atoms with Crippen LogP contribution in [0.15, 0.2) is 36.4 Å². The van der Waals surface area contributed by atoms with Crippen molar-refractivity contribution in [2.45, 2.75) is 6.54 Å². The van der Waals surface area contributed by atoms with Crippen LogP contribution in [0.1, 0.15) is 15.9 Å². The molecular weight excluding hydrogens is 325 g/mol. The lowest BCUT2D eigenvalue weighted by Crippen LogP contribution is -2.23. The number of carbonyl (C=O) groups excluding carboxylic acids is 1. The average Bonchev–Trinajstić information content (AvgIpc) is 2.53. The van der Waals surface area contributed by atoms with Gasteiger partial charge in [0.2, 0.25) is 0 Å². The molecule has 0 radical (unpaired) electrons. The number of hydrogen-bond acceptors (Lipinski definition) is 3. The fraction of sp³-hybridized carbons (Fsp3) is 0.188. The summed E-state index contributed by atoms with van der Waals surface area (Å²) in [7, 11) is 0. The Morgan fingerprint density at radius 1 is 1.05 bits per heavy atom. The van der Waals surface area contributed by atoms with Gasteiger partial charge in [-0.15, -0.1) is 0 Å². The van der Waals surface area contributed by atoms with Crippen molar-refractivity contribution in [1.29, 1.82) is 0 Å². The smallest absolute Gasteiger partial charge is 0.251 e. The third kappa shape index (κ3) is 3.29. The molecule has 0 saturated heterocycles. The maximum absolute atomic E-state index is 12.2. The van der Waals surface area contributed by atoms with Gasteiger partial charge in [-0.3, -0.25) is 4.79 Å². The molecule has 1 aliphatic heterocycles. The zero-order valence-electron chi connectivity index (χ0n) is 11.6.